The zero-order valence-electron chi connectivity index (χ0n) is 6.24. The minimum Gasteiger partial charge on any atom is -0.411 e. The van der Waals surface area contributed by atoms with Gasteiger partial charge in [-0.05, 0) is 17.9 Å². The normalized spacial score (nSPS) is 10.5. The first-order chi connectivity index (χ1) is 5.77. The van der Waals surface area contributed by atoms with Crippen molar-refractivity contribution in [1.29, 1.82) is 0 Å². The number of hydrogen-bond donors (Lipinski definition) is 0. The van der Waals surface area contributed by atoms with Gasteiger partial charge in [0.25, 0.3) is 4.80 Å². The lowest BCUT2D eigenvalue weighted by molar-refractivity contribution is 0.540. The summed E-state index contributed by atoms with van der Waals surface area (Å²) < 4.78 is 5.21. The third-order valence-electron chi connectivity index (χ3n) is 1.49. The molecule has 0 aliphatic carbocycles. The van der Waals surface area contributed by atoms with Crippen LogP contribution in [0.2, 0.25) is 0 Å². The molecule has 2 heterocycles. The van der Waals surface area contributed by atoms with Crippen LogP contribution in [0.4, 0.5) is 0 Å². The Labute approximate surface area is 81.6 Å². The van der Waals surface area contributed by atoms with Gasteiger partial charge in [-0.2, -0.15) is 11.3 Å². The average molecular weight is 245 g/mol. The van der Waals surface area contributed by atoms with Crippen LogP contribution in [0.15, 0.2) is 20.0 Å². The summed E-state index contributed by atoms with van der Waals surface area (Å²) in [5.74, 6) is 0.570. The molecular weight excluding hydrogens is 240 g/mol. The smallest absolute Gasteiger partial charge is 0.285 e. The summed E-state index contributed by atoms with van der Waals surface area (Å²) in [5.41, 5.74) is 2.18. The maximum absolute atomic E-state index is 5.21. The predicted molar refractivity (Wildman–Crippen MR) is 50.0 cm³/mol. The molecule has 0 amide bonds. The van der Waals surface area contributed by atoms with Crippen LogP contribution in [0.5, 0.6) is 0 Å². The molecule has 0 atom stereocenters. The number of thiophene rings is 1. The van der Waals surface area contributed by atoms with Gasteiger partial charge in [-0.25, -0.2) is 0 Å². The monoisotopic (exact) mass is 244 g/mol. The Morgan fingerprint density at radius 1 is 1.42 bits per heavy atom. The molecule has 5 heteroatoms. The Kier molecular flexibility index (Phi) is 1.98. The molecule has 0 bridgehead atoms. The second kappa shape index (κ2) is 2.99. The second-order valence-corrected chi connectivity index (χ2v) is 3.75. The topological polar surface area (TPSA) is 38.9 Å². The Bertz CT molecular complexity index is 396. The van der Waals surface area contributed by atoms with Crippen LogP contribution in [0.3, 0.4) is 0 Å². The van der Waals surface area contributed by atoms with Crippen molar-refractivity contribution in [1.82, 2.24) is 10.2 Å². The molecule has 2 aromatic heterocycles. The highest BCUT2D eigenvalue weighted by Gasteiger charge is 2.09. The van der Waals surface area contributed by atoms with Crippen molar-refractivity contribution < 1.29 is 4.42 Å². The van der Waals surface area contributed by atoms with Crippen LogP contribution in [0.1, 0.15) is 5.56 Å². The summed E-state index contributed by atoms with van der Waals surface area (Å²) in [6.45, 7) is 2.02. The fourth-order valence-corrected chi connectivity index (χ4v) is 1.95. The van der Waals surface area contributed by atoms with Gasteiger partial charge in [0.05, 0.1) is 5.56 Å². The molecule has 0 fully saturated rings. The first-order valence-corrected chi connectivity index (χ1v) is 5.03. The SMILES string of the molecule is Cc1cscc1-c1nnc(Br)o1. The van der Waals surface area contributed by atoms with Gasteiger partial charge in [0.2, 0.25) is 5.89 Å². The molecule has 62 valence electrons. The summed E-state index contributed by atoms with van der Waals surface area (Å²) in [6, 6.07) is 0. The van der Waals surface area contributed by atoms with Crippen molar-refractivity contribution in [3.63, 3.8) is 0 Å². The van der Waals surface area contributed by atoms with E-state index in [1.807, 2.05) is 17.7 Å². The fourth-order valence-electron chi connectivity index (χ4n) is 0.894. The van der Waals surface area contributed by atoms with Gasteiger partial charge < -0.3 is 4.42 Å². The van der Waals surface area contributed by atoms with Crippen LogP contribution in [-0.2, 0) is 0 Å². The number of rotatable bonds is 1. The van der Waals surface area contributed by atoms with Crippen LogP contribution in [-0.4, -0.2) is 10.2 Å². The predicted octanol–water partition coefficient (Wildman–Crippen LogP) is 2.87. The van der Waals surface area contributed by atoms with E-state index >= 15 is 0 Å². The number of aromatic nitrogens is 2. The number of hydrogen-bond acceptors (Lipinski definition) is 4. The molecule has 2 aromatic rings. The summed E-state index contributed by atoms with van der Waals surface area (Å²) >= 11 is 4.73. The quantitative estimate of drug-likeness (QED) is 0.775. The molecule has 0 spiro atoms. The third-order valence-corrected chi connectivity index (χ3v) is 2.67. The maximum atomic E-state index is 5.21. The van der Waals surface area contributed by atoms with E-state index in [-0.39, 0.29) is 0 Å². The summed E-state index contributed by atoms with van der Waals surface area (Å²) in [6.07, 6.45) is 0. The van der Waals surface area contributed by atoms with Crippen molar-refractivity contribution >= 4 is 27.3 Å². The Morgan fingerprint density at radius 3 is 2.75 bits per heavy atom. The lowest BCUT2D eigenvalue weighted by Gasteiger charge is -1.88. The molecule has 12 heavy (non-hydrogen) atoms. The zero-order chi connectivity index (χ0) is 8.55. The third kappa shape index (κ3) is 1.30. The molecular formula is C7H5BrN2OS. The maximum Gasteiger partial charge on any atom is 0.285 e. The largest absolute Gasteiger partial charge is 0.411 e. The van der Waals surface area contributed by atoms with Gasteiger partial charge in [0, 0.05) is 21.3 Å². The van der Waals surface area contributed by atoms with Crippen molar-refractivity contribution in [2.24, 2.45) is 0 Å². The lowest BCUT2D eigenvalue weighted by atomic mass is 10.2. The summed E-state index contributed by atoms with van der Waals surface area (Å²) in [4.78, 5) is 0.420. The Morgan fingerprint density at radius 2 is 2.25 bits per heavy atom. The lowest BCUT2D eigenvalue weighted by Crippen LogP contribution is -1.76. The van der Waals surface area contributed by atoms with Gasteiger partial charge in [0.1, 0.15) is 0 Å². The van der Waals surface area contributed by atoms with E-state index in [2.05, 4.69) is 26.1 Å². The van der Waals surface area contributed by atoms with Crippen molar-refractivity contribution in [2.45, 2.75) is 6.92 Å². The molecule has 0 aliphatic rings. The van der Waals surface area contributed by atoms with Gasteiger partial charge >= 0.3 is 0 Å². The zero-order valence-corrected chi connectivity index (χ0v) is 8.65. The minimum absolute atomic E-state index is 0.420. The average Bonchev–Trinajstić information content (AvgIpc) is 2.58. The van der Waals surface area contributed by atoms with Crippen LogP contribution < -0.4 is 0 Å². The molecule has 0 aromatic carbocycles. The van der Waals surface area contributed by atoms with E-state index in [1.165, 1.54) is 0 Å². The van der Waals surface area contributed by atoms with Crippen LogP contribution in [0, 0.1) is 6.92 Å². The molecule has 3 nitrogen and oxygen atoms in total. The molecule has 0 saturated carbocycles. The van der Waals surface area contributed by atoms with E-state index < -0.39 is 0 Å². The standard InChI is InChI=1S/C7H5BrN2OS/c1-4-2-12-3-5(4)6-9-10-7(8)11-6/h2-3H,1H3. The minimum atomic E-state index is 0.420. The van der Waals surface area contributed by atoms with E-state index in [4.69, 9.17) is 4.42 Å². The summed E-state index contributed by atoms with van der Waals surface area (Å²) in [5, 5.41) is 11.6. The highest BCUT2D eigenvalue weighted by molar-refractivity contribution is 9.10. The molecule has 2 rings (SSSR count). The van der Waals surface area contributed by atoms with Crippen LogP contribution in [0.25, 0.3) is 11.5 Å². The van der Waals surface area contributed by atoms with Gasteiger partial charge in [-0.3, -0.25) is 0 Å². The molecule has 0 N–H and O–H groups in total. The second-order valence-electron chi connectivity index (χ2n) is 2.33. The van der Waals surface area contributed by atoms with Gasteiger partial charge in [-0.15, -0.1) is 10.2 Å². The highest BCUT2D eigenvalue weighted by atomic mass is 79.9. The summed E-state index contributed by atoms with van der Waals surface area (Å²) in [7, 11) is 0. The number of aryl methyl sites for hydroxylation is 1. The van der Waals surface area contributed by atoms with Gasteiger partial charge in [-0.1, -0.05) is 0 Å². The Hall–Kier alpha value is -0.680. The van der Waals surface area contributed by atoms with Crippen LogP contribution >= 0.6 is 27.3 Å². The fraction of sp³-hybridized carbons (Fsp3) is 0.143. The Balaban J connectivity index is 2.50. The van der Waals surface area contributed by atoms with E-state index in [9.17, 15) is 0 Å². The first kappa shape index (κ1) is 7.94. The first-order valence-electron chi connectivity index (χ1n) is 3.29. The highest BCUT2D eigenvalue weighted by Crippen LogP contribution is 2.26. The molecule has 0 radical (unpaired) electrons. The molecule has 0 aliphatic heterocycles. The van der Waals surface area contributed by atoms with Crippen molar-refractivity contribution in [3.8, 4) is 11.5 Å². The molecule has 0 unspecified atom stereocenters. The number of nitrogens with zero attached hydrogens (tertiary/aromatic N) is 2. The van der Waals surface area contributed by atoms with Gasteiger partial charge in [0.15, 0.2) is 0 Å². The van der Waals surface area contributed by atoms with E-state index in [1.54, 1.807) is 11.3 Å². The van der Waals surface area contributed by atoms with E-state index in [0.717, 1.165) is 11.1 Å². The molecule has 0 saturated heterocycles. The van der Waals surface area contributed by atoms with E-state index in [0.29, 0.717) is 10.7 Å². The van der Waals surface area contributed by atoms with Crippen molar-refractivity contribution in [3.05, 3.63) is 21.1 Å². The van der Waals surface area contributed by atoms with Crippen molar-refractivity contribution in [2.75, 3.05) is 0 Å². The number of halogens is 1.